The SMILES string of the molecule is COC(=O)c1cccnc1NCC(=O)N1CCCC1. The molecular formula is C13H17N3O3. The molecule has 0 aromatic carbocycles. The van der Waals surface area contributed by atoms with E-state index in [1.54, 1.807) is 18.3 Å². The minimum Gasteiger partial charge on any atom is -0.465 e. The van der Waals surface area contributed by atoms with Crippen molar-refractivity contribution in [3.8, 4) is 0 Å². The lowest BCUT2D eigenvalue weighted by Crippen LogP contribution is -2.33. The molecule has 2 heterocycles. The van der Waals surface area contributed by atoms with Crippen LogP contribution in [0.2, 0.25) is 0 Å². The number of carbonyl (C=O) groups excluding carboxylic acids is 2. The van der Waals surface area contributed by atoms with Crippen LogP contribution in [0.5, 0.6) is 0 Å². The summed E-state index contributed by atoms with van der Waals surface area (Å²) in [5.41, 5.74) is 0.333. The summed E-state index contributed by atoms with van der Waals surface area (Å²) in [6.45, 7) is 1.76. The highest BCUT2D eigenvalue weighted by Gasteiger charge is 2.19. The average Bonchev–Trinajstić information content (AvgIpc) is 2.98. The topological polar surface area (TPSA) is 71.5 Å². The number of esters is 1. The maximum Gasteiger partial charge on any atom is 0.341 e. The second kappa shape index (κ2) is 6.17. The number of carbonyl (C=O) groups is 2. The maximum absolute atomic E-state index is 11.9. The molecule has 0 radical (unpaired) electrons. The number of anilines is 1. The first kappa shape index (κ1) is 13.3. The molecule has 1 saturated heterocycles. The van der Waals surface area contributed by atoms with Crippen molar-refractivity contribution < 1.29 is 14.3 Å². The molecule has 0 aliphatic carbocycles. The van der Waals surface area contributed by atoms with Gasteiger partial charge in [0.2, 0.25) is 5.91 Å². The molecule has 0 atom stereocenters. The molecule has 0 bridgehead atoms. The Morgan fingerprint density at radius 2 is 2.16 bits per heavy atom. The molecule has 1 aliphatic rings. The van der Waals surface area contributed by atoms with Gasteiger partial charge in [-0.1, -0.05) is 0 Å². The largest absolute Gasteiger partial charge is 0.465 e. The molecule has 1 amide bonds. The lowest BCUT2D eigenvalue weighted by Gasteiger charge is -2.16. The number of nitrogens with zero attached hydrogens (tertiary/aromatic N) is 2. The van der Waals surface area contributed by atoms with Crippen molar-refractivity contribution in [3.63, 3.8) is 0 Å². The molecule has 0 unspecified atom stereocenters. The van der Waals surface area contributed by atoms with Crippen molar-refractivity contribution >= 4 is 17.7 Å². The Labute approximate surface area is 111 Å². The van der Waals surface area contributed by atoms with E-state index in [9.17, 15) is 9.59 Å². The Balaban J connectivity index is 1.99. The fraction of sp³-hybridized carbons (Fsp3) is 0.462. The van der Waals surface area contributed by atoms with Gasteiger partial charge in [0, 0.05) is 19.3 Å². The van der Waals surface area contributed by atoms with Gasteiger partial charge in [-0.2, -0.15) is 0 Å². The van der Waals surface area contributed by atoms with E-state index in [1.807, 2.05) is 4.90 Å². The molecule has 2 rings (SSSR count). The molecule has 102 valence electrons. The summed E-state index contributed by atoms with van der Waals surface area (Å²) in [5.74, 6) is -0.0647. The molecule has 6 nitrogen and oxygen atoms in total. The Hall–Kier alpha value is -2.11. The zero-order chi connectivity index (χ0) is 13.7. The van der Waals surface area contributed by atoms with Crippen LogP contribution in [0.25, 0.3) is 0 Å². The predicted molar refractivity (Wildman–Crippen MR) is 69.9 cm³/mol. The van der Waals surface area contributed by atoms with Crippen LogP contribution in [-0.4, -0.2) is 48.5 Å². The highest BCUT2D eigenvalue weighted by Crippen LogP contribution is 2.13. The number of aromatic nitrogens is 1. The van der Waals surface area contributed by atoms with Crippen LogP contribution in [0.1, 0.15) is 23.2 Å². The van der Waals surface area contributed by atoms with Gasteiger partial charge in [0.05, 0.1) is 13.7 Å². The van der Waals surface area contributed by atoms with Gasteiger partial charge in [0.1, 0.15) is 11.4 Å². The first-order valence-corrected chi connectivity index (χ1v) is 6.27. The second-order valence-electron chi connectivity index (χ2n) is 4.33. The van der Waals surface area contributed by atoms with Crippen LogP contribution in [0, 0.1) is 0 Å². The highest BCUT2D eigenvalue weighted by molar-refractivity contribution is 5.95. The molecule has 1 N–H and O–H groups in total. The summed E-state index contributed by atoms with van der Waals surface area (Å²) < 4.78 is 4.67. The van der Waals surface area contributed by atoms with Gasteiger partial charge in [-0.3, -0.25) is 4.79 Å². The van der Waals surface area contributed by atoms with Crippen LogP contribution in [0.4, 0.5) is 5.82 Å². The van der Waals surface area contributed by atoms with E-state index in [1.165, 1.54) is 7.11 Å². The number of pyridine rings is 1. The van der Waals surface area contributed by atoms with Crippen LogP contribution in [-0.2, 0) is 9.53 Å². The number of rotatable bonds is 4. The summed E-state index contributed by atoms with van der Waals surface area (Å²) in [5, 5.41) is 2.90. The zero-order valence-electron chi connectivity index (χ0n) is 10.9. The number of likely N-dealkylation sites (tertiary alicyclic amines) is 1. The average molecular weight is 263 g/mol. The number of hydrogen-bond donors (Lipinski definition) is 1. The Kier molecular flexibility index (Phi) is 4.33. The van der Waals surface area contributed by atoms with Crippen molar-refractivity contribution in [1.29, 1.82) is 0 Å². The quantitative estimate of drug-likeness (QED) is 0.817. The smallest absolute Gasteiger partial charge is 0.341 e. The number of nitrogens with one attached hydrogen (secondary N) is 1. The summed E-state index contributed by atoms with van der Waals surface area (Å²) in [7, 11) is 1.31. The van der Waals surface area contributed by atoms with E-state index in [0.29, 0.717) is 11.4 Å². The van der Waals surface area contributed by atoms with Crippen LogP contribution in [0.3, 0.4) is 0 Å². The first-order chi connectivity index (χ1) is 9.22. The number of hydrogen-bond acceptors (Lipinski definition) is 5. The monoisotopic (exact) mass is 263 g/mol. The standard InChI is InChI=1S/C13H17N3O3/c1-19-13(18)10-5-4-6-14-12(10)15-9-11(17)16-7-2-3-8-16/h4-6H,2-3,7-9H2,1H3,(H,14,15). The van der Waals surface area contributed by atoms with Crippen LogP contribution >= 0.6 is 0 Å². The predicted octanol–water partition coefficient (Wildman–Crippen LogP) is 0.902. The molecule has 1 aliphatic heterocycles. The normalized spacial score (nSPS) is 14.3. The van der Waals surface area contributed by atoms with Gasteiger partial charge in [-0.05, 0) is 25.0 Å². The van der Waals surface area contributed by atoms with E-state index in [2.05, 4.69) is 15.0 Å². The summed E-state index contributed by atoms with van der Waals surface area (Å²) in [6.07, 6.45) is 3.68. The van der Waals surface area contributed by atoms with Crippen molar-refractivity contribution in [2.45, 2.75) is 12.8 Å². The molecule has 6 heteroatoms. The molecule has 1 aromatic heterocycles. The van der Waals surface area contributed by atoms with E-state index in [-0.39, 0.29) is 12.5 Å². The van der Waals surface area contributed by atoms with Crippen molar-refractivity contribution in [2.75, 3.05) is 32.1 Å². The lowest BCUT2D eigenvalue weighted by atomic mass is 10.2. The third-order valence-corrected chi connectivity index (χ3v) is 3.08. The van der Waals surface area contributed by atoms with Crippen molar-refractivity contribution in [3.05, 3.63) is 23.9 Å². The van der Waals surface area contributed by atoms with E-state index in [4.69, 9.17) is 0 Å². The highest BCUT2D eigenvalue weighted by atomic mass is 16.5. The van der Waals surface area contributed by atoms with Gasteiger partial charge in [0.25, 0.3) is 0 Å². The molecule has 1 aromatic rings. The Bertz CT molecular complexity index is 470. The minimum atomic E-state index is -0.468. The van der Waals surface area contributed by atoms with Crippen molar-refractivity contribution in [1.82, 2.24) is 9.88 Å². The summed E-state index contributed by atoms with van der Waals surface area (Å²) >= 11 is 0. The molecule has 0 spiro atoms. The maximum atomic E-state index is 11.9. The van der Waals surface area contributed by atoms with E-state index in [0.717, 1.165) is 25.9 Å². The van der Waals surface area contributed by atoms with Crippen molar-refractivity contribution in [2.24, 2.45) is 0 Å². The fourth-order valence-corrected chi connectivity index (χ4v) is 2.06. The third kappa shape index (κ3) is 3.21. The first-order valence-electron chi connectivity index (χ1n) is 6.27. The van der Waals surface area contributed by atoms with Gasteiger partial charge >= 0.3 is 5.97 Å². The van der Waals surface area contributed by atoms with Crippen LogP contribution in [0.15, 0.2) is 18.3 Å². The van der Waals surface area contributed by atoms with Crippen LogP contribution < -0.4 is 5.32 Å². The fourth-order valence-electron chi connectivity index (χ4n) is 2.06. The summed E-state index contributed by atoms with van der Waals surface area (Å²) in [6, 6.07) is 3.27. The molecular weight excluding hydrogens is 246 g/mol. The molecule has 19 heavy (non-hydrogen) atoms. The second-order valence-corrected chi connectivity index (χ2v) is 4.33. The molecule has 0 saturated carbocycles. The minimum absolute atomic E-state index is 0.0268. The number of amides is 1. The van der Waals surface area contributed by atoms with E-state index >= 15 is 0 Å². The van der Waals surface area contributed by atoms with Gasteiger partial charge < -0.3 is 15.0 Å². The Morgan fingerprint density at radius 1 is 1.42 bits per heavy atom. The lowest BCUT2D eigenvalue weighted by molar-refractivity contribution is -0.128. The summed E-state index contributed by atoms with van der Waals surface area (Å²) in [4.78, 5) is 29.3. The molecule has 1 fully saturated rings. The number of methoxy groups -OCH3 is 1. The number of ether oxygens (including phenoxy) is 1. The van der Waals surface area contributed by atoms with Gasteiger partial charge in [-0.15, -0.1) is 0 Å². The Morgan fingerprint density at radius 3 is 2.84 bits per heavy atom. The zero-order valence-corrected chi connectivity index (χ0v) is 10.9. The van der Waals surface area contributed by atoms with E-state index < -0.39 is 5.97 Å². The van der Waals surface area contributed by atoms with Gasteiger partial charge in [0.15, 0.2) is 0 Å². The van der Waals surface area contributed by atoms with Gasteiger partial charge in [-0.25, -0.2) is 9.78 Å². The third-order valence-electron chi connectivity index (χ3n) is 3.08.